The fraction of sp³-hybridized carbons (Fsp3) is 0.933. The molecule has 1 fully saturated rings. The van der Waals surface area contributed by atoms with Gasteiger partial charge in [-0.05, 0) is 31.6 Å². The Hall–Kier alpha value is -0.0400. The van der Waals surface area contributed by atoms with Crippen LogP contribution in [0.15, 0.2) is 4.99 Å². The lowest BCUT2D eigenvalue weighted by Gasteiger charge is -2.21. The minimum absolute atomic E-state index is 0. The molecular weight excluding hydrogens is 365 g/mol. The average molecular weight is 397 g/mol. The van der Waals surface area contributed by atoms with Gasteiger partial charge >= 0.3 is 0 Å². The van der Waals surface area contributed by atoms with Crippen molar-refractivity contribution in [1.82, 2.24) is 10.2 Å². The van der Waals surface area contributed by atoms with Gasteiger partial charge in [0.2, 0.25) is 0 Å². The molecule has 0 aromatic heterocycles. The van der Waals surface area contributed by atoms with Crippen molar-refractivity contribution in [2.75, 3.05) is 26.2 Å². The fourth-order valence-corrected chi connectivity index (χ4v) is 2.31. The summed E-state index contributed by atoms with van der Waals surface area (Å²) in [6.45, 7) is 12.3. The number of hydrogen-bond acceptors (Lipinski definition) is 2. The van der Waals surface area contributed by atoms with Gasteiger partial charge in [0.15, 0.2) is 5.96 Å². The van der Waals surface area contributed by atoms with E-state index >= 15 is 0 Å². The summed E-state index contributed by atoms with van der Waals surface area (Å²) >= 11 is 0. The molecule has 4 nitrogen and oxygen atoms in total. The Morgan fingerprint density at radius 2 is 2.05 bits per heavy atom. The first-order valence-electron chi connectivity index (χ1n) is 7.63. The van der Waals surface area contributed by atoms with Gasteiger partial charge < -0.3 is 15.3 Å². The molecule has 0 spiro atoms. The summed E-state index contributed by atoms with van der Waals surface area (Å²) in [5.74, 6) is 0.967. The highest BCUT2D eigenvalue weighted by Crippen LogP contribution is 2.21. The first-order valence-corrected chi connectivity index (χ1v) is 7.63. The zero-order chi connectivity index (χ0) is 14.3. The van der Waals surface area contributed by atoms with E-state index in [1.165, 1.54) is 12.8 Å². The lowest BCUT2D eigenvalue weighted by molar-refractivity contribution is 0.188. The summed E-state index contributed by atoms with van der Waals surface area (Å²) in [7, 11) is 0. The molecule has 0 saturated carbocycles. The molecule has 5 heteroatoms. The number of unbranched alkanes of at least 4 members (excludes halogenated alkanes) is 1. The number of nitrogens with one attached hydrogen (secondary N) is 1. The van der Waals surface area contributed by atoms with Gasteiger partial charge in [-0.2, -0.15) is 0 Å². The Morgan fingerprint density at radius 3 is 2.55 bits per heavy atom. The molecule has 1 saturated heterocycles. The quantitative estimate of drug-likeness (QED) is 0.325. The highest BCUT2D eigenvalue weighted by Gasteiger charge is 2.22. The van der Waals surface area contributed by atoms with Gasteiger partial charge in [-0.3, -0.25) is 4.99 Å². The number of hydrogen-bond donors (Lipinski definition) is 2. The van der Waals surface area contributed by atoms with Crippen LogP contribution in [0.4, 0.5) is 0 Å². The Balaban J connectivity index is 0.00000361. The molecule has 1 aliphatic heterocycles. The molecule has 1 rings (SSSR count). The van der Waals surface area contributed by atoms with Crippen molar-refractivity contribution in [2.24, 2.45) is 10.4 Å². The molecule has 0 aliphatic carbocycles. The van der Waals surface area contributed by atoms with E-state index in [2.05, 4.69) is 42.9 Å². The van der Waals surface area contributed by atoms with Crippen molar-refractivity contribution in [3.05, 3.63) is 0 Å². The maximum Gasteiger partial charge on any atom is 0.194 e. The maximum atomic E-state index is 9.59. The van der Waals surface area contributed by atoms with Crippen LogP contribution in [-0.2, 0) is 0 Å². The summed E-state index contributed by atoms with van der Waals surface area (Å²) in [6.07, 6.45) is 4.29. The third-order valence-electron chi connectivity index (χ3n) is 3.39. The molecule has 0 amide bonds. The zero-order valence-electron chi connectivity index (χ0n) is 13.5. The van der Waals surface area contributed by atoms with Crippen molar-refractivity contribution >= 4 is 29.9 Å². The van der Waals surface area contributed by atoms with E-state index in [1.807, 2.05) is 0 Å². The number of aliphatic hydroxyl groups is 1. The second kappa shape index (κ2) is 9.82. The second-order valence-corrected chi connectivity index (χ2v) is 6.64. The minimum Gasteiger partial charge on any atom is -0.391 e. The van der Waals surface area contributed by atoms with E-state index in [4.69, 9.17) is 0 Å². The van der Waals surface area contributed by atoms with Gasteiger partial charge in [0.25, 0.3) is 0 Å². The van der Waals surface area contributed by atoms with Gasteiger partial charge in [-0.1, -0.05) is 27.2 Å². The van der Waals surface area contributed by atoms with Crippen LogP contribution in [-0.4, -0.2) is 48.2 Å². The number of rotatable bonds is 5. The van der Waals surface area contributed by atoms with Crippen LogP contribution in [0.3, 0.4) is 0 Å². The first kappa shape index (κ1) is 20.0. The number of guanidine groups is 1. The summed E-state index contributed by atoms with van der Waals surface area (Å²) in [4.78, 5) is 6.83. The number of aliphatic hydroxyl groups excluding tert-OH is 1. The molecule has 120 valence electrons. The average Bonchev–Trinajstić information content (AvgIpc) is 2.72. The van der Waals surface area contributed by atoms with Gasteiger partial charge in [-0.15, -0.1) is 24.0 Å². The summed E-state index contributed by atoms with van der Waals surface area (Å²) in [5, 5.41) is 12.9. The smallest absolute Gasteiger partial charge is 0.194 e. The Bertz CT molecular complexity index is 289. The van der Waals surface area contributed by atoms with Crippen LogP contribution in [0.2, 0.25) is 0 Å². The standard InChI is InChI=1S/C15H31N3O.HI/c1-5-16-14(18-11-8-13(19)12-18)17-10-7-6-9-15(2,3)4;/h13,19H,5-12H2,1-4H3,(H,16,17);1H/t13-;/m1./s1. The van der Waals surface area contributed by atoms with Gasteiger partial charge in [-0.25, -0.2) is 0 Å². The topological polar surface area (TPSA) is 47.9 Å². The first-order chi connectivity index (χ1) is 8.92. The molecule has 0 radical (unpaired) electrons. The van der Waals surface area contributed by atoms with Crippen LogP contribution in [0.25, 0.3) is 0 Å². The van der Waals surface area contributed by atoms with Crippen LogP contribution in [0, 0.1) is 5.41 Å². The Kier molecular flexibility index (Phi) is 9.80. The largest absolute Gasteiger partial charge is 0.391 e. The predicted molar refractivity (Wildman–Crippen MR) is 96.9 cm³/mol. The number of nitrogens with zero attached hydrogens (tertiary/aromatic N) is 2. The monoisotopic (exact) mass is 397 g/mol. The molecule has 2 N–H and O–H groups in total. The van der Waals surface area contributed by atoms with Crippen molar-refractivity contribution in [1.29, 1.82) is 0 Å². The van der Waals surface area contributed by atoms with E-state index in [0.717, 1.165) is 38.4 Å². The second-order valence-electron chi connectivity index (χ2n) is 6.64. The molecule has 0 aromatic carbocycles. The fourth-order valence-electron chi connectivity index (χ4n) is 2.31. The van der Waals surface area contributed by atoms with E-state index in [9.17, 15) is 5.11 Å². The lowest BCUT2D eigenvalue weighted by Crippen LogP contribution is -2.40. The van der Waals surface area contributed by atoms with Gasteiger partial charge in [0.05, 0.1) is 6.10 Å². The van der Waals surface area contributed by atoms with Crippen molar-refractivity contribution in [2.45, 2.75) is 59.5 Å². The zero-order valence-corrected chi connectivity index (χ0v) is 15.8. The van der Waals surface area contributed by atoms with E-state index < -0.39 is 0 Å². The summed E-state index contributed by atoms with van der Waals surface area (Å²) in [5.41, 5.74) is 0.424. The van der Waals surface area contributed by atoms with Crippen LogP contribution in [0.5, 0.6) is 0 Å². The lowest BCUT2D eigenvalue weighted by atomic mass is 9.90. The molecule has 0 aromatic rings. The molecule has 0 unspecified atom stereocenters. The van der Waals surface area contributed by atoms with Crippen LogP contribution < -0.4 is 5.32 Å². The van der Waals surface area contributed by atoms with Crippen LogP contribution in [0.1, 0.15) is 53.4 Å². The van der Waals surface area contributed by atoms with E-state index in [1.54, 1.807) is 0 Å². The minimum atomic E-state index is -0.190. The normalized spacial score (nSPS) is 19.9. The maximum absolute atomic E-state index is 9.59. The molecule has 1 aliphatic rings. The Labute approximate surface area is 141 Å². The Morgan fingerprint density at radius 1 is 1.35 bits per heavy atom. The number of aliphatic imine (C=N–C) groups is 1. The van der Waals surface area contributed by atoms with Crippen molar-refractivity contribution < 1.29 is 5.11 Å². The van der Waals surface area contributed by atoms with Gasteiger partial charge in [0.1, 0.15) is 0 Å². The number of halogens is 1. The van der Waals surface area contributed by atoms with E-state index in [0.29, 0.717) is 12.0 Å². The highest BCUT2D eigenvalue weighted by atomic mass is 127. The summed E-state index contributed by atoms with van der Waals surface area (Å²) in [6, 6.07) is 0. The third kappa shape index (κ3) is 8.29. The molecular formula is C15H32IN3O. The third-order valence-corrected chi connectivity index (χ3v) is 3.39. The highest BCUT2D eigenvalue weighted by molar-refractivity contribution is 14.0. The molecule has 0 bridgehead atoms. The summed E-state index contributed by atoms with van der Waals surface area (Å²) < 4.78 is 0. The molecule has 20 heavy (non-hydrogen) atoms. The number of β-amino-alcohol motifs (C(OH)–C–C–N with tert-alkyl or cyclic N) is 1. The molecule has 1 heterocycles. The number of likely N-dealkylation sites (tertiary alicyclic amines) is 1. The molecule has 1 atom stereocenters. The van der Waals surface area contributed by atoms with Crippen molar-refractivity contribution in [3.8, 4) is 0 Å². The van der Waals surface area contributed by atoms with Crippen LogP contribution >= 0.6 is 24.0 Å². The SMILES string of the molecule is CCNC(=NCCCCC(C)(C)C)N1CC[C@@H](O)C1.I. The van der Waals surface area contributed by atoms with Gasteiger partial charge in [0, 0.05) is 26.2 Å². The van der Waals surface area contributed by atoms with Crippen molar-refractivity contribution in [3.63, 3.8) is 0 Å². The van der Waals surface area contributed by atoms with E-state index in [-0.39, 0.29) is 30.1 Å². The predicted octanol–water partition coefficient (Wildman–Crippen LogP) is 2.85.